The lowest BCUT2D eigenvalue weighted by atomic mass is 10.1. The predicted octanol–water partition coefficient (Wildman–Crippen LogP) is 5.14. The highest BCUT2D eigenvalue weighted by atomic mass is 35.5. The largest absolute Gasteiger partial charge is 0.454 e. The zero-order valence-corrected chi connectivity index (χ0v) is 18.2. The minimum absolute atomic E-state index is 0.0533. The Morgan fingerprint density at radius 1 is 0.812 bits per heavy atom. The molecule has 160 valence electrons. The number of Topliss-reactive ketones (excluding diaryl/α,β-unsaturated/α-hetero) is 1. The van der Waals surface area contributed by atoms with E-state index >= 15 is 0 Å². The molecule has 0 fully saturated rings. The molecule has 3 aromatic carbocycles. The number of aryl methyl sites for hydroxylation is 1. The number of esters is 1. The van der Waals surface area contributed by atoms with Gasteiger partial charge in [-0.05, 0) is 43.3 Å². The number of carbonyl (C=O) groups is 4. The molecule has 0 aliphatic carbocycles. The van der Waals surface area contributed by atoms with Gasteiger partial charge in [-0.15, -0.1) is 0 Å². The van der Waals surface area contributed by atoms with E-state index in [1.165, 1.54) is 36.4 Å². The fourth-order valence-corrected chi connectivity index (χ4v) is 3.56. The van der Waals surface area contributed by atoms with Crippen LogP contribution in [-0.4, -0.2) is 30.2 Å². The lowest BCUT2D eigenvalue weighted by Crippen LogP contribution is -2.29. The third-order valence-corrected chi connectivity index (χ3v) is 5.73. The van der Waals surface area contributed by atoms with Gasteiger partial charge in [-0.3, -0.25) is 14.4 Å². The molecule has 0 aromatic heterocycles. The van der Waals surface area contributed by atoms with Crippen LogP contribution < -0.4 is 4.90 Å². The summed E-state index contributed by atoms with van der Waals surface area (Å²) in [6.07, 6.45) is 0. The summed E-state index contributed by atoms with van der Waals surface area (Å²) in [5, 5.41) is 0.487. The Bertz CT molecular complexity index is 1280. The predicted molar refractivity (Wildman–Crippen MR) is 120 cm³/mol. The smallest absolute Gasteiger partial charge is 0.338 e. The zero-order valence-electron chi connectivity index (χ0n) is 16.7. The highest BCUT2D eigenvalue weighted by molar-refractivity contribution is 6.42. The lowest BCUT2D eigenvalue weighted by Gasteiger charge is -2.14. The van der Waals surface area contributed by atoms with Crippen LogP contribution in [0.4, 0.5) is 5.69 Å². The monoisotopic (exact) mass is 467 g/mol. The number of halogens is 2. The van der Waals surface area contributed by atoms with Crippen molar-refractivity contribution in [1.29, 1.82) is 0 Å². The topological polar surface area (TPSA) is 80.8 Å². The minimum Gasteiger partial charge on any atom is -0.454 e. The molecular formula is C24H15Cl2NO5. The molecule has 0 unspecified atom stereocenters. The summed E-state index contributed by atoms with van der Waals surface area (Å²) >= 11 is 11.9. The number of ketones is 1. The number of amides is 2. The average molecular weight is 468 g/mol. The molecule has 1 aliphatic rings. The van der Waals surface area contributed by atoms with Gasteiger partial charge in [0.2, 0.25) is 0 Å². The zero-order chi connectivity index (χ0) is 23.0. The summed E-state index contributed by atoms with van der Waals surface area (Å²) in [6, 6.07) is 15.3. The van der Waals surface area contributed by atoms with Crippen molar-refractivity contribution in [3.63, 3.8) is 0 Å². The quantitative estimate of drug-likeness (QED) is 0.294. The lowest BCUT2D eigenvalue weighted by molar-refractivity contribution is 0.0474. The van der Waals surface area contributed by atoms with Crippen LogP contribution in [0, 0.1) is 6.92 Å². The van der Waals surface area contributed by atoms with Gasteiger partial charge in [0.15, 0.2) is 12.4 Å². The Kier molecular flexibility index (Phi) is 5.82. The number of nitrogens with zero attached hydrogens (tertiary/aromatic N) is 1. The van der Waals surface area contributed by atoms with Crippen molar-refractivity contribution < 1.29 is 23.9 Å². The van der Waals surface area contributed by atoms with E-state index < -0.39 is 24.4 Å². The van der Waals surface area contributed by atoms with Gasteiger partial charge in [-0.25, -0.2) is 9.69 Å². The van der Waals surface area contributed by atoms with Crippen LogP contribution in [0.2, 0.25) is 10.0 Å². The van der Waals surface area contributed by atoms with Crippen LogP contribution in [-0.2, 0) is 4.74 Å². The minimum atomic E-state index is -0.776. The second-order valence-electron chi connectivity index (χ2n) is 7.17. The molecule has 6 nitrogen and oxygen atoms in total. The molecule has 0 N–H and O–H groups in total. The Morgan fingerprint density at radius 3 is 2.16 bits per heavy atom. The van der Waals surface area contributed by atoms with E-state index in [9.17, 15) is 19.2 Å². The molecule has 1 heterocycles. The summed E-state index contributed by atoms with van der Waals surface area (Å²) in [5.74, 6) is -2.27. The second kappa shape index (κ2) is 8.57. The molecule has 4 rings (SSSR count). The van der Waals surface area contributed by atoms with E-state index in [0.717, 1.165) is 10.5 Å². The van der Waals surface area contributed by atoms with E-state index in [0.29, 0.717) is 5.56 Å². The Morgan fingerprint density at radius 2 is 1.47 bits per heavy atom. The van der Waals surface area contributed by atoms with Crippen LogP contribution in [0.25, 0.3) is 0 Å². The van der Waals surface area contributed by atoms with Crippen molar-refractivity contribution in [2.24, 2.45) is 0 Å². The Labute approximate surface area is 193 Å². The highest BCUT2D eigenvalue weighted by Gasteiger charge is 2.37. The van der Waals surface area contributed by atoms with Crippen LogP contribution in [0.5, 0.6) is 0 Å². The fraction of sp³-hybridized carbons (Fsp3) is 0.0833. The summed E-state index contributed by atoms with van der Waals surface area (Å²) in [4.78, 5) is 51.3. The molecule has 0 radical (unpaired) electrons. The number of imide groups is 1. The summed E-state index contributed by atoms with van der Waals surface area (Å²) < 4.78 is 5.11. The molecular weight excluding hydrogens is 453 g/mol. The molecule has 2 amide bonds. The van der Waals surface area contributed by atoms with Gasteiger partial charge < -0.3 is 4.74 Å². The molecule has 32 heavy (non-hydrogen) atoms. The first kappa shape index (κ1) is 21.7. The number of benzene rings is 3. The molecule has 0 saturated heterocycles. The van der Waals surface area contributed by atoms with Crippen LogP contribution in [0.15, 0.2) is 60.7 Å². The van der Waals surface area contributed by atoms with Crippen molar-refractivity contribution in [1.82, 2.24) is 0 Å². The van der Waals surface area contributed by atoms with Crippen LogP contribution in [0.3, 0.4) is 0 Å². The van der Waals surface area contributed by atoms with Crippen molar-refractivity contribution in [2.45, 2.75) is 6.92 Å². The molecule has 0 atom stereocenters. The number of rotatable bonds is 5. The standard InChI is InChI=1S/C24H15Cl2NO5/c1-13-2-4-14(5-3-13)21(28)12-32-24(31)15-6-8-17-18(10-15)23(30)27(22(17)29)16-7-9-19(25)20(26)11-16/h2-11H,12H2,1H3. The van der Waals surface area contributed by atoms with Gasteiger partial charge in [0.1, 0.15) is 0 Å². The van der Waals surface area contributed by atoms with Gasteiger partial charge in [-0.1, -0.05) is 53.0 Å². The van der Waals surface area contributed by atoms with Crippen molar-refractivity contribution in [3.8, 4) is 0 Å². The maximum absolute atomic E-state index is 12.9. The summed E-state index contributed by atoms with van der Waals surface area (Å²) in [7, 11) is 0. The van der Waals surface area contributed by atoms with Crippen molar-refractivity contribution in [3.05, 3.63) is 98.5 Å². The number of ether oxygens (including phenoxy) is 1. The van der Waals surface area contributed by atoms with Crippen molar-refractivity contribution in [2.75, 3.05) is 11.5 Å². The van der Waals surface area contributed by atoms with Gasteiger partial charge in [0.05, 0.1) is 32.4 Å². The van der Waals surface area contributed by atoms with Gasteiger partial charge in [-0.2, -0.15) is 0 Å². The van der Waals surface area contributed by atoms with E-state index in [1.54, 1.807) is 24.3 Å². The number of anilines is 1. The van der Waals surface area contributed by atoms with E-state index in [-0.39, 0.29) is 38.2 Å². The second-order valence-corrected chi connectivity index (χ2v) is 7.98. The number of carbonyl (C=O) groups excluding carboxylic acids is 4. The highest BCUT2D eigenvalue weighted by Crippen LogP contribution is 2.33. The first-order chi connectivity index (χ1) is 15.3. The SMILES string of the molecule is Cc1ccc(C(=O)COC(=O)c2ccc3c(c2)C(=O)N(c2ccc(Cl)c(Cl)c2)C3=O)cc1. The molecule has 8 heteroatoms. The van der Waals surface area contributed by atoms with Gasteiger partial charge in [0, 0.05) is 5.56 Å². The van der Waals surface area contributed by atoms with Crippen LogP contribution >= 0.6 is 23.2 Å². The average Bonchev–Trinajstić information content (AvgIpc) is 3.04. The van der Waals surface area contributed by atoms with E-state index in [4.69, 9.17) is 27.9 Å². The fourth-order valence-electron chi connectivity index (χ4n) is 3.26. The number of hydrogen-bond donors (Lipinski definition) is 0. The molecule has 1 aliphatic heterocycles. The Hall–Kier alpha value is -3.48. The van der Waals surface area contributed by atoms with Crippen molar-refractivity contribution >= 4 is 52.5 Å². The maximum Gasteiger partial charge on any atom is 0.338 e. The molecule has 3 aromatic rings. The number of fused-ring (bicyclic) bond motifs is 1. The molecule has 0 bridgehead atoms. The third-order valence-electron chi connectivity index (χ3n) is 4.99. The van der Waals surface area contributed by atoms with Gasteiger partial charge >= 0.3 is 5.97 Å². The van der Waals surface area contributed by atoms with Gasteiger partial charge in [0.25, 0.3) is 11.8 Å². The normalized spacial score (nSPS) is 12.7. The molecule has 0 spiro atoms. The van der Waals surface area contributed by atoms with Crippen LogP contribution in [0.1, 0.15) is 47.0 Å². The molecule has 0 saturated carbocycles. The third kappa shape index (κ3) is 4.02. The maximum atomic E-state index is 12.9. The van der Waals surface area contributed by atoms with E-state index in [1.807, 2.05) is 6.92 Å². The first-order valence-corrected chi connectivity index (χ1v) is 10.3. The number of hydrogen-bond acceptors (Lipinski definition) is 5. The summed E-state index contributed by atoms with van der Waals surface area (Å²) in [6.45, 7) is 1.46. The first-order valence-electron chi connectivity index (χ1n) is 9.51. The van der Waals surface area contributed by atoms with E-state index in [2.05, 4.69) is 0 Å². The Balaban J connectivity index is 1.51. The summed E-state index contributed by atoms with van der Waals surface area (Å²) in [5.41, 5.74) is 1.95.